The minimum atomic E-state index is -0.381. The van der Waals surface area contributed by atoms with Gasteiger partial charge in [-0.15, -0.1) is 0 Å². The van der Waals surface area contributed by atoms with Gasteiger partial charge in [0, 0.05) is 12.0 Å². The summed E-state index contributed by atoms with van der Waals surface area (Å²) in [6.07, 6.45) is 1.77. The van der Waals surface area contributed by atoms with Crippen molar-refractivity contribution in [2.24, 2.45) is 11.1 Å². The second kappa shape index (κ2) is 5.47. The predicted molar refractivity (Wildman–Crippen MR) is 75.9 cm³/mol. The lowest BCUT2D eigenvalue weighted by atomic mass is 9.79. The Bertz CT molecular complexity index is 482. The smallest absolute Gasteiger partial charge is 0.141 e. The van der Waals surface area contributed by atoms with Crippen LogP contribution in [0.4, 0.5) is 4.39 Å². The first-order valence-corrected chi connectivity index (χ1v) is 6.79. The first-order chi connectivity index (χ1) is 8.90. The maximum absolute atomic E-state index is 13.1. The molecule has 3 nitrogen and oxygen atoms in total. The molecule has 0 saturated carbocycles. The number of nitrogens with zero attached hydrogens (tertiary/aromatic N) is 1. The molecule has 104 valence electrons. The summed E-state index contributed by atoms with van der Waals surface area (Å²) in [7, 11) is 0. The topological polar surface area (TPSA) is 53.1 Å². The standard InChI is InChI=1S/C14H19ClFN3/c1-14(13(17)18)4-6-19(7-5-14)9-10-2-3-12(16)11(15)8-10/h2-3,8H,4-7,9H2,1H3,(H3,17,18). The van der Waals surface area contributed by atoms with Crippen molar-refractivity contribution in [2.45, 2.75) is 26.3 Å². The molecule has 1 fully saturated rings. The van der Waals surface area contributed by atoms with Crippen molar-refractivity contribution < 1.29 is 4.39 Å². The molecule has 5 heteroatoms. The molecular formula is C14H19ClFN3. The Balaban J connectivity index is 1.95. The van der Waals surface area contributed by atoms with E-state index in [2.05, 4.69) is 4.90 Å². The van der Waals surface area contributed by atoms with Crippen LogP contribution in [0.2, 0.25) is 5.02 Å². The summed E-state index contributed by atoms with van der Waals surface area (Å²) < 4.78 is 13.1. The van der Waals surface area contributed by atoms with Crippen LogP contribution >= 0.6 is 11.6 Å². The van der Waals surface area contributed by atoms with E-state index in [-0.39, 0.29) is 22.1 Å². The van der Waals surface area contributed by atoms with Gasteiger partial charge in [0.2, 0.25) is 0 Å². The van der Waals surface area contributed by atoms with Crippen LogP contribution in [0.15, 0.2) is 18.2 Å². The first-order valence-electron chi connectivity index (χ1n) is 6.41. The molecule has 2 rings (SSSR count). The second-order valence-electron chi connectivity index (χ2n) is 5.50. The van der Waals surface area contributed by atoms with Gasteiger partial charge >= 0.3 is 0 Å². The zero-order chi connectivity index (χ0) is 14.0. The number of rotatable bonds is 3. The fourth-order valence-electron chi connectivity index (χ4n) is 2.37. The zero-order valence-electron chi connectivity index (χ0n) is 11.0. The van der Waals surface area contributed by atoms with Gasteiger partial charge in [0.25, 0.3) is 0 Å². The van der Waals surface area contributed by atoms with E-state index in [1.54, 1.807) is 12.1 Å². The third-order valence-electron chi connectivity index (χ3n) is 4.00. The summed E-state index contributed by atoms with van der Waals surface area (Å²) >= 11 is 5.78. The molecule has 1 aromatic rings. The molecule has 1 aromatic carbocycles. The van der Waals surface area contributed by atoms with Gasteiger partial charge < -0.3 is 5.73 Å². The van der Waals surface area contributed by atoms with E-state index >= 15 is 0 Å². The quantitative estimate of drug-likeness (QED) is 0.662. The predicted octanol–water partition coefficient (Wildman–Crippen LogP) is 3.02. The number of nitrogens with two attached hydrogens (primary N) is 1. The summed E-state index contributed by atoms with van der Waals surface area (Å²) in [6.45, 7) is 4.59. The Labute approximate surface area is 118 Å². The summed E-state index contributed by atoms with van der Waals surface area (Å²) in [5.41, 5.74) is 6.48. The van der Waals surface area contributed by atoms with Crippen molar-refractivity contribution in [3.05, 3.63) is 34.6 Å². The Hall–Kier alpha value is -1.13. The normalized spacial score (nSPS) is 19.3. The van der Waals surface area contributed by atoms with Crippen molar-refractivity contribution in [3.8, 4) is 0 Å². The maximum Gasteiger partial charge on any atom is 0.141 e. The van der Waals surface area contributed by atoms with Gasteiger partial charge in [-0.25, -0.2) is 4.39 Å². The molecule has 0 atom stereocenters. The maximum atomic E-state index is 13.1. The highest BCUT2D eigenvalue weighted by Crippen LogP contribution is 2.31. The Morgan fingerprint density at radius 2 is 2.11 bits per heavy atom. The number of nitrogens with one attached hydrogen (secondary N) is 1. The summed E-state index contributed by atoms with van der Waals surface area (Å²) in [4.78, 5) is 2.29. The molecule has 0 aromatic heterocycles. The molecule has 19 heavy (non-hydrogen) atoms. The molecule has 1 aliphatic rings. The molecule has 0 spiro atoms. The van der Waals surface area contributed by atoms with Gasteiger partial charge in [0.1, 0.15) is 5.82 Å². The Kier molecular flexibility index (Phi) is 4.11. The Morgan fingerprint density at radius 1 is 1.47 bits per heavy atom. The van der Waals surface area contributed by atoms with E-state index in [1.807, 2.05) is 6.92 Å². The lowest BCUT2D eigenvalue weighted by molar-refractivity contribution is 0.156. The number of hydrogen-bond donors (Lipinski definition) is 2. The van der Waals surface area contributed by atoms with Crippen molar-refractivity contribution in [1.29, 1.82) is 5.41 Å². The first kappa shape index (κ1) is 14.3. The van der Waals surface area contributed by atoms with Gasteiger partial charge in [0.15, 0.2) is 0 Å². The lowest BCUT2D eigenvalue weighted by Gasteiger charge is -2.38. The molecule has 0 amide bonds. The van der Waals surface area contributed by atoms with Crippen molar-refractivity contribution in [2.75, 3.05) is 13.1 Å². The van der Waals surface area contributed by atoms with Gasteiger partial charge in [-0.1, -0.05) is 24.6 Å². The molecule has 1 heterocycles. The van der Waals surface area contributed by atoms with Crippen LogP contribution in [-0.4, -0.2) is 23.8 Å². The third kappa shape index (κ3) is 3.25. The monoisotopic (exact) mass is 283 g/mol. The van der Waals surface area contributed by atoms with Crippen LogP contribution in [-0.2, 0) is 6.54 Å². The number of likely N-dealkylation sites (tertiary alicyclic amines) is 1. The summed E-state index contributed by atoms with van der Waals surface area (Å²) in [5, 5.41) is 7.79. The van der Waals surface area contributed by atoms with E-state index in [4.69, 9.17) is 22.7 Å². The summed E-state index contributed by atoms with van der Waals surface area (Å²) in [6, 6.07) is 4.84. The van der Waals surface area contributed by atoms with Crippen LogP contribution in [0.25, 0.3) is 0 Å². The van der Waals surface area contributed by atoms with Crippen molar-refractivity contribution in [3.63, 3.8) is 0 Å². The van der Waals surface area contributed by atoms with E-state index in [1.165, 1.54) is 6.07 Å². The van der Waals surface area contributed by atoms with Gasteiger partial charge in [-0.3, -0.25) is 10.3 Å². The minimum absolute atomic E-state index is 0.170. The number of hydrogen-bond acceptors (Lipinski definition) is 2. The molecule has 3 N–H and O–H groups in total. The fraction of sp³-hybridized carbons (Fsp3) is 0.500. The van der Waals surface area contributed by atoms with Crippen LogP contribution in [0.5, 0.6) is 0 Å². The van der Waals surface area contributed by atoms with Gasteiger partial charge in [0.05, 0.1) is 10.9 Å². The van der Waals surface area contributed by atoms with Crippen LogP contribution in [0.1, 0.15) is 25.3 Å². The third-order valence-corrected chi connectivity index (χ3v) is 4.29. The lowest BCUT2D eigenvalue weighted by Crippen LogP contribution is -2.44. The van der Waals surface area contributed by atoms with Gasteiger partial charge in [-0.05, 0) is 43.6 Å². The number of halogens is 2. The number of benzene rings is 1. The molecule has 1 aliphatic heterocycles. The highest BCUT2D eigenvalue weighted by atomic mass is 35.5. The number of piperidine rings is 1. The zero-order valence-corrected chi connectivity index (χ0v) is 11.8. The molecule has 0 bridgehead atoms. The van der Waals surface area contributed by atoms with E-state index < -0.39 is 0 Å². The largest absolute Gasteiger partial charge is 0.387 e. The average molecular weight is 284 g/mol. The SMILES string of the molecule is CC1(C(=N)N)CCN(Cc2ccc(F)c(Cl)c2)CC1. The fourth-order valence-corrected chi connectivity index (χ4v) is 2.57. The van der Waals surface area contributed by atoms with E-state index in [0.717, 1.165) is 38.0 Å². The average Bonchev–Trinajstić information content (AvgIpc) is 2.37. The highest BCUT2D eigenvalue weighted by molar-refractivity contribution is 6.30. The molecular weight excluding hydrogens is 265 g/mol. The summed E-state index contributed by atoms with van der Waals surface area (Å²) in [5.74, 6) is -0.106. The molecule has 0 aliphatic carbocycles. The van der Waals surface area contributed by atoms with Crippen LogP contribution < -0.4 is 5.73 Å². The minimum Gasteiger partial charge on any atom is -0.387 e. The Morgan fingerprint density at radius 3 is 2.63 bits per heavy atom. The molecule has 0 unspecified atom stereocenters. The number of amidine groups is 1. The van der Waals surface area contributed by atoms with Gasteiger partial charge in [-0.2, -0.15) is 0 Å². The molecule has 0 radical (unpaired) electrons. The van der Waals surface area contributed by atoms with E-state index in [9.17, 15) is 4.39 Å². The molecule has 1 saturated heterocycles. The van der Waals surface area contributed by atoms with Crippen LogP contribution in [0, 0.1) is 16.6 Å². The van der Waals surface area contributed by atoms with Crippen molar-refractivity contribution in [1.82, 2.24) is 4.90 Å². The second-order valence-corrected chi connectivity index (χ2v) is 5.91. The van der Waals surface area contributed by atoms with Crippen molar-refractivity contribution >= 4 is 17.4 Å². The van der Waals surface area contributed by atoms with Crippen LogP contribution in [0.3, 0.4) is 0 Å². The van der Waals surface area contributed by atoms with E-state index in [0.29, 0.717) is 0 Å². The highest BCUT2D eigenvalue weighted by Gasteiger charge is 2.32.